The molecule has 20 rings (SSSR count). The fourth-order valence-electron chi connectivity index (χ4n) is 13.3. The molecule has 0 amide bonds. The normalized spacial score (nSPS) is 11.2. The van der Waals surface area contributed by atoms with Crippen LogP contribution in [0.3, 0.4) is 0 Å². The van der Waals surface area contributed by atoms with E-state index in [1.807, 2.05) is 171 Å². The van der Waals surface area contributed by atoms with E-state index in [9.17, 15) is 0 Å². The largest absolute Gasteiger partial charge is 0.0683 e. The van der Waals surface area contributed by atoms with Crippen LogP contribution in [0.5, 0.6) is 0 Å². The first-order valence-corrected chi connectivity index (χ1v) is 42.7. The van der Waals surface area contributed by atoms with Crippen molar-refractivity contribution in [3.05, 3.63) is 493 Å². The fourth-order valence-corrected chi connectivity index (χ4v) is 13.3. The van der Waals surface area contributed by atoms with E-state index in [-0.39, 0.29) is 0 Å². The zero-order valence-electron chi connectivity index (χ0n) is 72.3. The summed E-state index contributed by atoms with van der Waals surface area (Å²) in [6, 6.07) is 135. The summed E-state index contributed by atoms with van der Waals surface area (Å²) < 4.78 is 0. The quantitative estimate of drug-likeness (QED) is 0.155. The van der Waals surface area contributed by atoms with Crippen molar-refractivity contribution in [2.24, 2.45) is 5.92 Å². The highest BCUT2D eigenvalue weighted by molar-refractivity contribution is 6.07. The van der Waals surface area contributed by atoms with Gasteiger partial charge in [-0.3, -0.25) is 0 Å². The van der Waals surface area contributed by atoms with Gasteiger partial charge in [0, 0.05) is 5.92 Å². The van der Waals surface area contributed by atoms with Crippen LogP contribution in [0.15, 0.2) is 460 Å². The summed E-state index contributed by atoms with van der Waals surface area (Å²) in [5.41, 5.74) is 23.6. The van der Waals surface area contributed by atoms with Gasteiger partial charge in [0.15, 0.2) is 0 Å². The summed E-state index contributed by atoms with van der Waals surface area (Å²) in [6.45, 7) is 32.0. The Kier molecular flexibility index (Phi) is 46.7. The Labute approximate surface area is 701 Å². The molecule has 0 saturated carbocycles. The van der Waals surface area contributed by atoms with Gasteiger partial charge in [0.1, 0.15) is 0 Å². The highest BCUT2D eigenvalue weighted by Crippen LogP contribution is 2.39. The molecule has 592 valence electrons. The topological polar surface area (TPSA) is 0 Å². The second-order valence-electron chi connectivity index (χ2n) is 24.9. The smallest absolute Gasteiger partial charge is 0.0339 e. The predicted molar refractivity (Wildman–Crippen MR) is 520 cm³/mol. The van der Waals surface area contributed by atoms with E-state index >= 15 is 0 Å². The molecule has 0 fully saturated rings. The maximum Gasteiger partial charge on any atom is 0.0339 e. The summed E-state index contributed by atoms with van der Waals surface area (Å²) in [7, 11) is 0. The molecule has 0 atom stereocenters. The first-order valence-electron chi connectivity index (χ1n) is 42.7. The lowest BCUT2D eigenvalue weighted by Crippen LogP contribution is -2.13. The number of rotatable bonds is 3. The maximum atomic E-state index is 2.24. The van der Waals surface area contributed by atoms with Crippen molar-refractivity contribution in [3.8, 4) is 44.5 Å². The van der Waals surface area contributed by atoms with Gasteiger partial charge >= 0.3 is 0 Å². The Morgan fingerprint density at radius 2 is 0.353 bits per heavy atom. The molecule has 5 aliphatic carbocycles. The molecule has 5 aliphatic rings. The number of allylic oxidation sites excluding steroid dienone is 12. The van der Waals surface area contributed by atoms with E-state index in [1.165, 1.54) is 127 Å². The van der Waals surface area contributed by atoms with Crippen LogP contribution in [-0.2, 0) is 19.3 Å². The lowest BCUT2D eigenvalue weighted by Gasteiger charge is -2.27. The molecule has 0 heteroatoms. The second kappa shape index (κ2) is 57.5. The SMILES string of the molecule is C1=CC2=CC=CC3=CC=CC(=C1)C23.CC.CC.CC.CC.CC.CC.CC.CC.c1ccc(-c2ccc(-c3ccccc3)cc2)cc1.c1ccc(-c2ccccc2)cc1.c1ccc2c(c1)Cc1ccccc1-2.c1ccc2c(c1)Cc1ccccc1C2.c1ccc2c(c1)ccc1ccccc12.c1ccc2ccccc2c1.c1ccccc1. The van der Waals surface area contributed by atoms with E-state index in [0.717, 1.165) is 19.3 Å². The molecule has 0 saturated heterocycles. The Hall–Kier alpha value is -12.5. The number of benzene rings is 15. The van der Waals surface area contributed by atoms with E-state index < -0.39 is 0 Å². The van der Waals surface area contributed by atoms with Gasteiger partial charge in [-0.05, 0) is 146 Å². The van der Waals surface area contributed by atoms with Crippen molar-refractivity contribution >= 4 is 32.3 Å². The molecule has 0 aromatic heterocycles. The van der Waals surface area contributed by atoms with Gasteiger partial charge < -0.3 is 0 Å². The lowest BCUT2D eigenvalue weighted by atomic mass is 9.76. The molecule has 15 aromatic carbocycles. The zero-order chi connectivity index (χ0) is 83.6. The highest BCUT2D eigenvalue weighted by Gasteiger charge is 2.24. The van der Waals surface area contributed by atoms with E-state index in [2.05, 4.69) is 382 Å². The summed E-state index contributed by atoms with van der Waals surface area (Å²) in [5, 5.41) is 7.92. The lowest BCUT2D eigenvalue weighted by molar-refractivity contribution is 0.878. The van der Waals surface area contributed by atoms with Crippen LogP contribution in [0.1, 0.15) is 144 Å². The molecule has 0 aliphatic heterocycles. The first kappa shape index (κ1) is 94.1. The third-order valence-electron chi connectivity index (χ3n) is 18.4. The zero-order valence-corrected chi connectivity index (χ0v) is 72.3. The minimum absolute atomic E-state index is 0.514. The Balaban J connectivity index is 0.000000233. The van der Waals surface area contributed by atoms with Crippen LogP contribution in [0, 0.1) is 5.92 Å². The number of fused-ring (bicyclic) bond motifs is 9. The van der Waals surface area contributed by atoms with Gasteiger partial charge in [-0.25, -0.2) is 0 Å². The average Bonchev–Trinajstić information content (AvgIpc) is 1.30. The van der Waals surface area contributed by atoms with Gasteiger partial charge in [-0.15, -0.1) is 0 Å². The van der Waals surface area contributed by atoms with Crippen molar-refractivity contribution in [2.75, 3.05) is 0 Å². The monoisotopic (exact) mass is 1520 g/mol. The van der Waals surface area contributed by atoms with Gasteiger partial charge in [0.25, 0.3) is 0 Å². The Morgan fingerprint density at radius 1 is 0.164 bits per heavy atom. The Bertz CT molecular complexity index is 4840. The van der Waals surface area contributed by atoms with Crippen molar-refractivity contribution < 1.29 is 0 Å². The molecule has 15 aromatic rings. The average molecular weight is 1520 g/mol. The van der Waals surface area contributed by atoms with Gasteiger partial charge in [-0.1, -0.05) is 554 Å². The molecule has 0 radical (unpaired) electrons. The minimum atomic E-state index is 0.514. The summed E-state index contributed by atoms with van der Waals surface area (Å²) in [6.07, 6.45) is 22.9. The predicted octanol–water partition coefficient (Wildman–Crippen LogP) is 34.6. The molecule has 0 nitrogen and oxygen atoms in total. The van der Waals surface area contributed by atoms with Crippen LogP contribution in [0.2, 0.25) is 0 Å². The van der Waals surface area contributed by atoms with E-state index in [4.69, 9.17) is 0 Å². The van der Waals surface area contributed by atoms with Crippen LogP contribution in [0.25, 0.3) is 76.8 Å². The van der Waals surface area contributed by atoms with Crippen LogP contribution >= 0.6 is 0 Å². The highest BCUT2D eigenvalue weighted by atomic mass is 14.3. The van der Waals surface area contributed by atoms with Gasteiger partial charge in [0.05, 0.1) is 0 Å². The fraction of sp³-hybridized carbons (Fsp3) is 0.172. The molecule has 0 N–H and O–H groups in total. The molecular weight excluding hydrogens is 1390 g/mol. The summed E-state index contributed by atoms with van der Waals surface area (Å²) >= 11 is 0. The molecule has 0 spiro atoms. The standard InChI is InChI=1S/C18H14.C14H10.C14H12.2C13H10.C12H10.C10H8.C6H6.8C2H6/c1-3-7-15(8-4-1)17-11-13-18(14-12-17)16-9-5-2-6-10-16;1-3-7-13-11(5-1)9-10-12-6-2-4-8-14(12)13;1-2-6-12-10-14-8-4-3-7-13(14)9-11(12)5-1;1-4-10-6-2-8-12-9-3-7-11(5-1)13(10)12;1-3-7-12-10(5-1)9-11-6-2-4-8-13(11)12;1-3-7-11(8-4-1)12-9-5-2-6-10-12;1-2-6-10-8-4-3-7-9(10)5-1;1-2-4-6-5-3-1;8*1-2/h1-14H;1-10H;1-8H,9-10H2;1-9,13H;1-8H,9H2;1-10H;1-8H;1-6H;8*1-2H3. The van der Waals surface area contributed by atoms with Crippen LogP contribution in [0.4, 0.5) is 0 Å². The van der Waals surface area contributed by atoms with Crippen molar-refractivity contribution in [1.82, 2.24) is 0 Å². The molecule has 0 bridgehead atoms. The van der Waals surface area contributed by atoms with Crippen molar-refractivity contribution in [3.63, 3.8) is 0 Å². The van der Waals surface area contributed by atoms with Crippen LogP contribution in [-0.4, -0.2) is 0 Å². The van der Waals surface area contributed by atoms with E-state index in [1.54, 1.807) is 0 Å². The molecule has 0 unspecified atom stereocenters. The van der Waals surface area contributed by atoms with Crippen molar-refractivity contribution in [2.45, 2.75) is 130 Å². The number of hydrogen-bond donors (Lipinski definition) is 0. The van der Waals surface area contributed by atoms with Gasteiger partial charge in [-0.2, -0.15) is 0 Å². The molecule has 0 heterocycles. The third kappa shape index (κ3) is 29.5. The van der Waals surface area contributed by atoms with Gasteiger partial charge in [0.2, 0.25) is 0 Å². The summed E-state index contributed by atoms with van der Waals surface area (Å²) in [4.78, 5) is 0. The Morgan fingerprint density at radius 3 is 0.621 bits per heavy atom. The second-order valence-corrected chi connectivity index (χ2v) is 24.9. The maximum absolute atomic E-state index is 2.24. The molecular formula is C116H128. The molecule has 116 heavy (non-hydrogen) atoms. The van der Waals surface area contributed by atoms with Crippen molar-refractivity contribution in [1.29, 1.82) is 0 Å². The summed E-state index contributed by atoms with van der Waals surface area (Å²) in [5.74, 6) is 0.514. The first-order chi connectivity index (χ1) is 57.6. The third-order valence-corrected chi connectivity index (χ3v) is 18.4. The van der Waals surface area contributed by atoms with Crippen LogP contribution < -0.4 is 0 Å². The van der Waals surface area contributed by atoms with E-state index in [0.29, 0.717) is 5.92 Å². The number of hydrogen-bond acceptors (Lipinski definition) is 0. The minimum Gasteiger partial charge on any atom is -0.0683 e.